The molecule has 21 heavy (non-hydrogen) atoms. The molecule has 4 nitrogen and oxygen atoms in total. The molecule has 0 saturated carbocycles. The van der Waals surface area contributed by atoms with Crippen LogP contribution in [0.25, 0.3) is 0 Å². The number of amides is 2. The maximum absolute atomic E-state index is 12.6. The van der Waals surface area contributed by atoms with Gasteiger partial charge in [0, 0.05) is 24.6 Å². The van der Waals surface area contributed by atoms with Crippen LogP contribution < -0.4 is 10.6 Å². The van der Waals surface area contributed by atoms with Crippen LogP contribution in [-0.4, -0.2) is 24.4 Å². The lowest BCUT2D eigenvalue weighted by atomic mass is 9.89. The van der Waals surface area contributed by atoms with Gasteiger partial charge >= 0.3 is 0 Å². The van der Waals surface area contributed by atoms with Gasteiger partial charge in [0.05, 0.1) is 0 Å². The van der Waals surface area contributed by atoms with Crippen LogP contribution in [0.1, 0.15) is 51.0 Å². The molecule has 1 aliphatic rings. The van der Waals surface area contributed by atoms with Gasteiger partial charge in [-0.25, -0.2) is 0 Å². The Kier molecular flexibility index (Phi) is 4.35. The number of rotatable bonds is 2. The number of nitrogens with one attached hydrogen (secondary N) is 2. The predicted molar refractivity (Wildman–Crippen MR) is 83.6 cm³/mol. The largest absolute Gasteiger partial charge is 0.354 e. The first kappa shape index (κ1) is 15.5. The Morgan fingerprint density at radius 3 is 2.00 bits per heavy atom. The predicted octanol–water partition coefficient (Wildman–Crippen LogP) is 2.24. The number of carbonyl (C=O) groups excluding carboxylic acids is 2. The van der Waals surface area contributed by atoms with Crippen LogP contribution in [-0.2, 0) is 4.79 Å². The summed E-state index contributed by atoms with van der Waals surface area (Å²) in [5.74, 6) is 0.0345. The molecule has 0 aromatic heterocycles. The van der Waals surface area contributed by atoms with E-state index in [2.05, 4.69) is 31.4 Å². The normalized spacial score (nSPS) is 18.3. The lowest BCUT2D eigenvalue weighted by Crippen LogP contribution is -2.48. The molecule has 0 bridgehead atoms. The van der Waals surface area contributed by atoms with Crippen LogP contribution in [0, 0.1) is 34.6 Å². The van der Waals surface area contributed by atoms with Gasteiger partial charge < -0.3 is 10.6 Å². The van der Waals surface area contributed by atoms with E-state index in [1.807, 2.05) is 13.8 Å². The molecule has 1 atom stereocenters. The van der Waals surface area contributed by atoms with Crippen molar-refractivity contribution in [3.63, 3.8) is 0 Å². The molecule has 114 valence electrons. The monoisotopic (exact) mass is 288 g/mol. The third-order valence-corrected chi connectivity index (χ3v) is 4.83. The summed E-state index contributed by atoms with van der Waals surface area (Å²) in [7, 11) is 0. The highest BCUT2D eigenvalue weighted by Gasteiger charge is 2.23. The molecule has 4 heteroatoms. The van der Waals surface area contributed by atoms with E-state index in [0.717, 1.165) is 16.7 Å². The molecule has 1 unspecified atom stereocenters. The zero-order valence-corrected chi connectivity index (χ0v) is 13.5. The van der Waals surface area contributed by atoms with Gasteiger partial charge in [0.1, 0.15) is 0 Å². The van der Waals surface area contributed by atoms with Crippen LogP contribution in [0.3, 0.4) is 0 Å². The molecule has 1 aliphatic heterocycles. The fourth-order valence-corrected chi connectivity index (χ4v) is 2.95. The van der Waals surface area contributed by atoms with E-state index in [1.165, 1.54) is 16.7 Å². The van der Waals surface area contributed by atoms with Gasteiger partial charge in [-0.05, 0) is 68.9 Å². The second-order valence-corrected chi connectivity index (χ2v) is 6.01. The van der Waals surface area contributed by atoms with Crippen molar-refractivity contribution in [2.75, 3.05) is 6.54 Å². The minimum Gasteiger partial charge on any atom is -0.354 e. The number of carbonyl (C=O) groups is 2. The van der Waals surface area contributed by atoms with Gasteiger partial charge in [0.15, 0.2) is 0 Å². The molecule has 1 fully saturated rings. The standard InChI is InChI=1S/C17H24N2O2/c1-9-10(2)12(4)16(13(5)11(9)3)17(21)19-14-6-7-15(20)18-8-14/h14H,6-8H2,1-5H3,(H,18,20)(H,19,21). The maximum atomic E-state index is 12.6. The summed E-state index contributed by atoms with van der Waals surface area (Å²) in [6, 6.07) is 0.0240. The Hall–Kier alpha value is -1.84. The molecular formula is C17H24N2O2. The van der Waals surface area contributed by atoms with Gasteiger partial charge in [0.2, 0.25) is 5.91 Å². The number of hydrogen-bond donors (Lipinski definition) is 2. The highest BCUT2D eigenvalue weighted by molar-refractivity contribution is 5.98. The lowest BCUT2D eigenvalue weighted by Gasteiger charge is -2.25. The summed E-state index contributed by atoms with van der Waals surface area (Å²) in [5.41, 5.74) is 6.50. The summed E-state index contributed by atoms with van der Waals surface area (Å²) in [6.07, 6.45) is 1.19. The van der Waals surface area contributed by atoms with Crippen LogP contribution in [0.15, 0.2) is 0 Å². The summed E-state index contributed by atoms with van der Waals surface area (Å²) in [6.45, 7) is 10.8. The molecule has 1 aromatic carbocycles. The van der Waals surface area contributed by atoms with E-state index in [-0.39, 0.29) is 17.9 Å². The van der Waals surface area contributed by atoms with E-state index < -0.39 is 0 Å². The second-order valence-electron chi connectivity index (χ2n) is 6.01. The number of piperidine rings is 1. The highest BCUT2D eigenvalue weighted by atomic mass is 16.2. The average Bonchev–Trinajstić information content (AvgIpc) is 2.46. The van der Waals surface area contributed by atoms with Crippen LogP contribution >= 0.6 is 0 Å². The minimum absolute atomic E-state index is 0.0240. The molecule has 2 rings (SSSR count). The average molecular weight is 288 g/mol. The van der Waals surface area contributed by atoms with Crippen molar-refractivity contribution in [3.8, 4) is 0 Å². The summed E-state index contributed by atoms with van der Waals surface area (Å²) in [4.78, 5) is 23.8. The fraction of sp³-hybridized carbons (Fsp3) is 0.529. The second kappa shape index (κ2) is 5.88. The Morgan fingerprint density at radius 1 is 1.00 bits per heavy atom. The minimum atomic E-state index is -0.0302. The summed E-state index contributed by atoms with van der Waals surface area (Å²) >= 11 is 0. The fourth-order valence-electron chi connectivity index (χ4n) is 2.95. The zero-order chi connectivity index (χ0) is 15.7. The maximum Gasteiger partial charge on any atom is 0.252 e. The molecule has 2 amide bonds. The molecule has 0 aliphatic carbocycles. The van der Waals surface area contributed by atoms with E-state index in [9.17, 15) is 9.59 Å². The Morgan fingerprint density at radius 2 is 1.52 bits per heavy atom. The first-order valence-corrected chi connectivity index (χ1v) is 7.47. The van der Waals surface area contributed by atoms with Crippen molar-refractivity contribution in [1.82, 2.24) is 10.6 Å². The van der Waals surface area contributed by atoms with Gasteiger partial charge in [-0.1, -0.05) is 0 Å². The topological polar surface area (TPSA) is 58.2 Å². The zero-order valence-electron chi connectivity index (χ0n) is 13.5. The van der Waals surface area contributed by atoms with E-state index in [4.69, 9.17) is 0 Å². The smallest absolute Gasteiger partial charge is 0.252 e. The van der Waals surface area contributed by atoms with Crippen LogP contribution in [0.4, 0.5) is 0 Å². The molecule has 1 aromatic rings. The van der Waals surface area contributed by atoms with E-state index in [0.29, 0.717) is 19.4 Å². The van der Waals surface area contributed by atoms with Gasteiger partial charge in [-0.15, -0.1) is 0 Å². The van der Waals surface area contributed by atoms with Gasteiger partial charge in [-0.2, -0.15) is 0 Å². The van der Waals surface area contributed by atoms with Crippen molar-refractivity contribution in [3.05, 3.63) is 33.4 Å². The number of benzene rings is 1. The lowest BCUT2D eigenvalue weighted by molar-refractivity contribution is -0.122. The third-order valence-electron chi connectivity index (χ3n) is 4.83. The van der Waals surface area contributed by atoms with Crippen LogP contribution in [0.2, 0.25) is 0 Å². The first-order chi connectivity index (χ1) is 9.82. The van der Waals surface area contributed by atoms with Crippen molar-refractivity contribution in [2.24, 2.45) is 0 Å². The molecule has 1 heterocycles. The Bertz CT molecular complexity index is 566. The number of hydrogen-bond acceptors (Lipinski definition) is 2. The van der Waals surface area contributed by atoms with Gasteiger partial charge in [0.25, 0.3) is 5.91 Å². The molecule has 1 saturated heterocycles. The van der Waals surface area contributed by atoms with Crippen LogP contribution in [0.5, 0.6) is 0 Å². The van der Waals surface area contributed by atoms with Gasteiger partial charge in [-0.3, -0.25) is 9.59 Å². The highest BCUT2D eigenvalue weighted by Crippen LogP contribution is 2.26. The molecule has 0 radical (unpaired) electrons. The molecular weight excluding hydrogens is 264 g/mol. The molecule has 0 spiro atoms. The summed E-state index contributed by atoms with van der Waals surface area (Å²) in [5, 5.41) is 5.85. The third kappa shape index (κ3) is 2.94. The first-order valence-electron chi connectivity index (χ1n) is 7.47. The van der Waals surface area contributed by atoms with E-state index in [1.54, 1.807) is 0 Å². The van der Waals surface area contributed by atoms with Crippen molar-refractivity contribution in [1.29, 1.82) is 0 Å². The SMILES string of the molecule is Cc1c(C)c(C)c(C(=O)NC2CCC(=O)NC2)c(C)c1C. The Balaban J connectivity index is 2.26. The van der Waals surface area contributed by atoms with Crippen molar-refractivity contribution >= 4 is 11.8 Å². The van der Waals surface area contributed by atoms with Crippen molar-refractivity contribution < 1.29 is 9.59 Å². The quantitative estimate of drug-likeness (QED) is 0.877. The molecule has 2 N–H and O–H groups in total. The summed E-state index contributed by atoms with van der Waals surface area (Å²) < 4.78 is 0. The Labute approximate surface area is 126 Å². The van der Waals surface area contributed by atoms with E-state index >= 15 is 0 Å². The van der Waals surface area contributed by atoms with Crippen molar-refractivity contribution in [2.45, 2.75) is 53.5 Å².